The Morgan fingerprint density at radius 3 is 2.39 bits per heavy atom. The maximum absolute atomic E-state index is 8.23. The van der Waals surface area contributed by atoms with E-state index in [1.165, 1.54) is 0 Å². The van der Waals surface area contributed by atoms with E-state index in [0.717, 1.165) is 10.2 Å². The van der Waals surface area contributed by atoms with Crippen molar-refractivity contribution in [3.8, 4) is 11.3 Å². The first-order chi connectivity index (χ1) is 10.1. The lowest BCUT2D eigenvalue weighted by molar-refractivity contribution is 0.650. The summed E-state index contributed by atoms with van der Waals surface area (Å²) in [7, 11) is 0. The van der Waals surface area contributed by atoms with Crippen LogP contribution in [0.15, 0.2) is 66.8 Å². The SMILES string of the molecule is [2H]c1c(-c2ccccc2)nnn1C([2H])([2H])c1ccccc1. The topological polar surface area (TPSA) is 30.7 Å². The van der Waals surface area contributed by atoms with Crippen molar-refractivity contribution in [2.45, 2.75) is 6.50 Å². The van der Waals surface area contributed by atoms with Crippen molar-refractivity contribution in [1.82, 2.24) is 15.0 Å². The Morgan fingerprint density at radius 1 is 1.00 bits per heavy atom. The van der Waals surface area contributed by atoms with Gasteiger partial charge in [-0.2, -0.15) is 0 Å². The Balaban J connectivity index is 2.07. The fourth-order valence-electron chi connectivity index (χ4n) is 1.64. The Bertz CT molecular complexity index is 739. The van der Waals surface area contributed by atoms with Crippen LogP contribution < -0.4 is 0 Å². The summed E-state index contributed by atoms with van der Waals surface area (Å²) in [6.45, 7) is -1.92. The first kappa shape index (κ1) is 7.82. The average Bonchev–Trinajstić information content (AvgIpc) is 2.91. The van der Waals surface area contributed by atoms with Gasteiger partial charge >= 0.3 is 0 Å². The zero-order valence-corrected chi connectivity index (χ0v) is 9.62. The molecule has 1 aromatic heterocycles. The third kappa shape index (κ3) is 2.30. The summed E-state index contributed by atoms with van der Waals surface area (Å²) in [5.74, 6) is 0. The molecule has 3 heteroatoms. The van der Waals surface area contributed by atoms with Crippen LogP contribution in [0.4, 0.5) is 0 Å². The fourth-order valence-corrected chi connectivity index (χ4v) is 1.64. The zero-order chi connectivity index (χ0) is 14.9. The molecule has 0 atom stereocenters. The van der Waals surface area contributed by atoms with Gasteiger partial charge in [0, 0.05) is 5.56 Å². The van der Waals surface area contributed by atoms with Crippen molar-refractivity contribution >= 4 is 0 Å². The van der Waals surface area contributed by atoms with Crippen LogP contribution in [-0.2, 0) is 6.50 Å². The third-order valence-corrected chi connectivity index (χ3v) is 2.50. The van der Waals surface area contributed by atoms with Crippen LogP contribution in [-0.4, -0.2) is 15.0 Å². The van der Waals surface area contributed by atoms with Crippen molar-refractivity contribution in [2.75, 3.05) is 0 Å². The smallest absolute Gasteiger partial charge is 0.113 e. The molecule has 0 N–H and O–H groups in total. The van der Waals surface area contributed by atoms with Gasteiger partial charge in [0.05, 0.1) is 16.8 Å². The number of hydrogen-bond acceptors (Lipinski definition) is 2. The van der Waals surface area contributed by atoms with E-state index in [1.807, 2.05) is 36.4 Å². The Morgan fingerprint density at radius 2 is 1.67 bits per heavy atom. The predicted octanol–water partition coefficient (Wildman–Crippen LogP) is 2.99. The molecule has 18 heavy (non-hydrogen) atoms. The van der Waals surface area contributed by atoms with Gasteiger partial charge in [0.15, 0.2) is 0 Å². The normalized spacial score (nSPS) is 13.7. The lowest BCUT2D eigenvalue weighted by Gasteiger charge is -1.99. The number of rotatable bonds is 3. The molecule has 88 valence electrons. The zero-order valence-electron chi connectivity index (χ0n) is 12.6. The summed E-state index contributed by atoms with van der Waals surface area (Å²) in [6, 6.07) is 17.9. The third-order valence-electron chi connectivity index (χ3n) is 2.50. The van der Waals surface area contributed by atoms with E-state index < -0.39 is 6.50 Å². The van der Waals surface area contributed by atoms with Crippen molar-refractivity contribution in [1.29, 1.82) is 0 Å². The van der Waals surface area contributed by atoms with E-state index in [1.54, 1.807) is 24.3 Å². The molecule has 0 fully saturated rings. The second-order valence-electron chi connectivity index (χ2n) is 3.81. The molecule has 0 bridgehead atoms. The quantitative estimate of drug-likeness (QED) is 0.702. The van der Waals surface area contributed by atoms with Crippen LogP contribution in [0.1, 0.15) is 9.68 Å². The van der Waals surface area contributed by atoms with Crippen molar-refractivity contribution in [3.05, 3.63) is 72.4 Å². The van der Waals surface area contributed by atoms with Gasteiger partial charge in [-0.1, -0.05) is 65.9 Å². The van der Waals surface area contributed by atoms with Crippen LogP contribution in [0.25, 0.3) is 11.3 Å². The van der Waals surface area contributed by atoms with Crippen LogP contribution in [0, 0.1) is 0 Å². The largest absolute Gasteiger partial charge is 0.247 e. The van der Waals surface area contributed by atoms with Crippen molar-refractivity contribution < 1.29 is 4.11 Å². The van der Waals surface area contributed by atoms with Crippen molar-refractivity contribution in [2.24, 2.45) is 0 Å². The molecule has 0 amide bonds. The van der Waals surface area contributed by atoms with Crippen LogP contribution in [0.2, 0.25) is 0 Å². The monoisotopic (exact) mass is 238 g/mol. The van der Waals surface area contributed by atoms with E-state index in [2.05, 4.69) is 10.3 Å². The highest BCUT2D eigenvalue weighted by molar-refractivity contribution is 5.57. The summed E-state index contributed by atoms with van der Waals surface area (Å²) < 4.78 is 25.6. The molecule has 0 saturated carbocycles. The maximum Gasteiger partial charge on any atom is 0.113 e. The highest BCUT2D eigenvalue weighted by atomic mass is 15.4. The van der Waals surface area contributed by atoms with E-state index in [0.29, 0.717) is 11.3 Å². The summed E-state index contributed by atoms with van der Waals surface area (Å²) in [4.78, 5) is 0. The van der Waals surface area contributed by atoms with Gasteiger partial charge in [0.2, 0.25) is 0 Å². The Labute approximate surface area is 110 Å². The molecule has 0 aliphatic rings. The standard InChI is InChI=1S/C15H13N3/c1-3-7-13(8-4-1)11-18-12-15(16-17-18)14-9-5-2-6-10-14/h1-10,12H,11H2/i11D2,12D. The van der Waals surface area contributed by atoms with Crippen molar-refractivity contribution in [3.63, 3.8) is 0 Å². The highest BCUT2D eigenvalue weighted by Gasteiger charge is 2.03. The first-order valence-electron chi connectivity index (χ1n) is 7.14. The lowest BCUT2D eigenvalue weighted by atomic mass is 10.2. The van der Waals surface area contributed by atoms with Crippen LogP contribution >= 0.6 is 0 Å². The first-order valence-corrected chi connectivity index (χ1v) is 5.64. The molecule has 3 nitrogen and oxygen atoms in total. The second kappa shape index (κ2) is 4.84. The molecule has 0 saturated heterocycles. The van der Waals surface area contributed by atoms with E-state index in [-0.39, 0.29) is 6.17 Å². The van der Waals surface area contributed by atoms with Gasteiger partial charge < -0.3 is 0 Å². The number of aromatic nitrogens is 3. The summed E-state index contributed by atoms with van der Waals surface area (Å²) in [6.07, 6.45) is -0.0462. The predicted molar refractivity (Wildman–Crippen MR) is 71.0 cm³/mol. The van der Waals surface area contributed by atoms with Gasteiger partial charge in [-0.05, 0) is 5.56 Å². The molecule has 0 aliphatic carbocycles. The summed E-state index contributed by atoms with van der Waals surface area (Å²) in [5, 5.41) is 7.81. The second-order valence-corrected chi connectivity index (χ2v) is 3.81. The lowest BCUT2D eigenvalue weighted by Crippen LogP contribution is -1.99. The Kier molecular flexibility index (Phi) is 2.10. The van der Waals surface area contributed by atoms with Gasteiger partial charge in [-0.15, -0.1) is 5.10 Å². The number of hydrogen-bond donors (Lipinski definition) is 0. The molecule has 1 heterocycles. The highest BCUT2D eigenvalue weighted by Crippen LogP contribution is 2.15. The van der Waals surface area contributed by atoms with E-state index >= 15 is 0 Å². The van der Waals surface area contributed by atoms with Crippen LogP contribution in [0.3, 0.4) is 0 Å². The molecule has 0 spiro atoms. The molecule has 0 radical (unpaired) electrons. The minimum Gasteiger partial charge on any atom is -0.247 e. The molecule has 3 rings (SSSR count). The molecular formula is C15H13N3. The molecule has 0 unspecified atom stereocenters. The average molecular weight is 238 g/mol. The number of nitrogens with zero attached hydrogens (tertiary/aromatic N) is 3. The van der Waals surface area contributed by atoms with Gasteiger partial charge in [-0.3, -0.25) is 0 Å². The van der Waals surface area contributed by atoms with Crippen LogP contribution in [0.5, 0.6) is 0 Å². The maximum atomic E-state index is 8.23. The summed E-state index contributed by atoms with van der Waals surface area (Å²) in [5.41, 5.74) is 1.55. The van der Waals surface area contributed by atoms with E-state index in [9.17, 15) is 0 Å². The minimum absolute atomic E-state index is 0.0462. The minimum atomic E-state index is -1.92. The fraction of sp³-hybridized carbons (Fsp3) is 0.0667. The molecule has 2 aromatic carbocycles. The van der Waals surface area contributed by atoms with Gasteiger partial charge in [0.25, 0.3) is 0 Å². The number of benzene rings is 2. The molecule has 3 aromatic rings. The van der Waals surface area contributed by atoms with Gasteiger partial charge in [-0.25, -0.2) is 4.68 Å². The Hall–Kier alpha value is -2.42. The summed E-state index contributed by atoms with van der Waals surface area (Å²) >= 11 is 0. The van der Waals surface area contributed by atoms with Gasteiger partial charge in [0.1, 0.15) is 5.69 Å². The van der Waals surface area contributed by atoms with E-state index in [4.69, 9.17) is 4.11 Å². The molecular weight excluding hydrogens is 222 g/mol. The molecule has 0 aliphatic heterocycles.